The van der Waals surface area contributed by atoms with Crippen LogP contribution in [-0.2, 0) is 19.3 Å². The Hall–Kier alpha value is -1.90. The Kier molecular flexibility index (Phi) is 3.20. The normalized spacial score (nSPS) is 18.1. The number of ketones is 1. The Labute approximate surface area is 113 Å². The molecule has 0 aliphatic heterocycles. The van der Waals surface area contributed by atoms with Crippen LogP contribution in [0.15, 0.2) is 30.3 Å². The number of aromatic nitrogens is 2. The highest BCUT2D eigenvalue weighted by Crippen LogP contribution is 2.23. The van der Waals surface area contributed by atoms with Crippen LogP contribution >= 0.6 is 0 Å². The van der Waals surface area contributed by atoms with Gasteiger partial charge in [0, 0.05) is 11.3 Å². The number of Topliss-reactive ketones (excluding diaryl/α,β-unsaturated/α-hetero) is 1. The topological polar surface area (TPSA) is 45.8 Å². The maximum Gasteiger partial charge on any atom is 0.170 e. The smallest absolute Gasteiger partial charge is 0.170 e. The highest BCUT2D eigenvalue weighted by molar-refractivity contribution is 5.97. The van der Waals surface area contributed by atoms with Gasteiger partial charge in [0.2, 0.25) is 0 Å². The number of benzene rings is 1. The second-order valence-electron chi connectivity index (χ2n) is 5.42. The van der Waals surface area contributed by atoms with Crippen LogP contribution in [-0.4, -0.2) is 15.8 Å². The van der Waals surface area contributed by atoms with Crippen molar-refractivity contribution < 1.29 is 4.79 Å². The van der Waals surface area contributed by atoms with Crippen LogP contribution in [0.3, 0.4) is 0 Å². The first-order valence-electron chi connectivity index (χ1n) is 6.87. The van der Waals surface area contributed by atoms with Gasteiger partial charge in [-0.2, -0.15) is 0 Å². The quantitative estimate of drug-likeness (QED) is 0.856. The molecule has 1 aliphatic rings. The van der Waals surface area contributed by atoms with Crippen LogP contribution in [0.25, 0.3) is 0 Å². The highest BCUT2D eigenvalue weighted by atomic mass is 16.1. The van der Waals surface area contributed by atoms with Crippen molar-refractivity contribution in [1.29, 1.82) is 0 Å². The van der Waals surface area contributed by atoms with Gasteiger partial charge >= 0.3 is 0 Å². The number of nitrogens with zero attached hydrogens (tertiary/aromatic N) is 1. The fourth-order valence-electron chi connectivity index (χ4n) is 2.68. The first kappa shape index (κ1) is 12.2. The second-order valence-corrected chi connectivity index (χ2v) is 5.42. The van der Waals surface area contributed by atoms with E-state index in [4.69, 9.17) is 0 Å². The van der Waals surface area contributed by atoms with E-state index in [0.717, 1.165) is 29.9 Å². The fourth-order valence-corrected chi connectivity index (χ4v) is 2.68. The number of aromatic amines is 1. The molecule has 1 aromatic heterocycles. The molecule has 19 heavy (non-hydrogen) atoms. The van der Waals surface area contributed by atoms with Gasteiger partial charge in [-0.05, 0) is 25.2 Å². The molecule has 0 fully saturated rings. The van der Waals surface area contributed by atoms with Crippen LogP contribution in [0.4, 0.5) is 0 Å². The van der Waals surface area contributed by atoms with E-state index in [1.807, 2.05) is 30.3 Å². The van der Waals surface area contributed by atoms with Gasteiger partial charge in [0.25, 0.3) is 0 Å². The molecule has 0 amide bonds. The first-order chi connectivity index (χ1) is 9.22. The summed E-state index contributed by atoms with van der Waals surface area (Å²) in [5.74, 6) is 1.65. The minimum Gasteiger partial charge on any atom is -0.345 e. The number of nitrogens with one attached hydrogen (secondary N) is 1. The number of hydrogen-bond acceptors (Lipinski definition) is 2. The molecule has 1 N–H and O–H groups in total. The Morgan fingerprint density at radius 2 is 2.16 bits per heavy atom. The van der Waals surface area contributed by atoms with Crippen LogP contribution in [0.2, 0.25) is 0 Å². The number of carbonyl (C=O) groups is 1. The lowest BCUT2D eigenvalue weighted by Crippen LogP contribution is -2.10. The zero-order valence-electron chi connectivity index (χ0n) is 11.1. The molecule has 0 spiro atoms. The summed E-state index contributed by atoms with van der Waals surface area (Å²) in [5.41, 5.74) is 3.15. The Balaban J connectivity index is 1.76. The lowest BCUT2D eigenvalue weighted by Gasteiger charge is -2.15. The third-order valence-corrected chi connectivity index (χ3v) is 3.76. The maximum atomic E-state index is 12.1. The molecule has 3 nitrogen and oxygen atoms in total. The Bertz CT molecular complexity index is 586. The molecule has 0 radical (unpaired) electrons. The predicted octanol–water partition coefficient (Wildman–Crippen LogP) is 2.96. The van der Waals surface area contributed by atoms with Crippen molar-refractivity contribution in [2.24, 2.45) is 5.92 Å². The summed E-state index contributed by atoms with van der Waals surface area (Å²) in [6.07, 6.45) is 3.66. The summed E-state index contributed by atoms with van der Waals surface area (Å²) in [6.45, 7) is 2.26. The zero-order valence-corrected chi connectivity index (χ0v) is 11.1. The SMILES string of the molecule is CC1CCc2nc(CC(=O)c3ccccc3)[nH]c2C1. The number of hydrogen-bond donors (Lipinski definition) is 1. The molecule has 0 saturated heterocycles. The van der Waals surface area contributed by atoms with E-state index in [0.29, 0.717) is 12.3 Å². The van der Waals surface area contributed by atoms with Gasteiger partial charge in [-0.15, -0.1) is 0 Å². The van der Waals surface area contributed by atoms with Crippen LogP contribution in [0.1, 0.15) is 40.9 Å². The molecule has 3 heteroatoms. The molecule has 0 bridgehead atoms. The summed E-state index contributed by atoms with van der Waals surface area (Å²) in [5, 5.41) is 0. The van der Waals surface area contributed by atoms with Gasteiger partial charge < -0.3 is 4.98 Å². The monoisotopic (exact) mass is 254 g/mol. The molecule has 1 unspecified atom stereocenters. The number of imidazole rings is 1. The molecule has 0 saturated carbocycles. The van der Waals surface area contributed by atoms with Crippen molar-refractivity contribution in [3.8, 4) is 0 Å². The third kappa shape index (κ3) is 2.60. The lowest BCUT2D eigenvalue weighted by molar-refractivity contribution is 0.0991. The summed E-state index contributed by atoms with van der Waals surface area (Å²) >= 11 is 0. The number of H-pyrrole nitrogens is 1. The van der Waals surface area contributed by atoms with Crippen LogP contribution in [0, 0.1) is 5.92 Å². The lowest BCUT2D eigenvalue weighted by atomic mass is 9.92. The largest absolute Gasteiger partial charge is 0.345 e. The van der Waals surface area contributed by atoms with Gasteiger partial charge in [-0.25, -0.2) is 4.98 Å². The van der Waals surface area contributed by atoms with E-state index in [9.17, 15) is 4.79 Å². The molecule has 98 valence electrons. The van der Waals surface area contributed by atoms with Crippen molar-refractivity contribution in [2.75, 3.05) is 0 Å². The molecule has 1 atom stereocenters. The summed E-state index contributed by atoms with van der Waals surface area (Å²) in [4.78, 5) is 20.0. The van der Waals surface area contributed by atoms with Crippen LogP contribution in [0.5, 0.6) is 0 Å². The summed E-state index contributed by atoms with van der Waals surface area (Å²) in [6, 6.07) is 9.41. The molecule has 1 heterocycles. The van der Waals surface area contributed by atoms with Crippen molar-refractivity contribution in [3.63, 3.8) is 0 Å². The van der Waals surface area contributed by atoms with Gasteiger partial charge in [0.15, 0.2) is 5.78 Å². The van der Waals surface area contributed by atoms with Gasteiger partial charge in [-0.3, -0.25) is 4.79 Å². The van der Waals surface area contributed by atoms with E-state index in [2.05, 4.69) is 16.9 Å². The van der Waals surface area contributed by atoms with Gasteiger partial charge in [0.1, 0.15) is 5.82 Å². The third-order valence-electron chi connectivity index (χ3n) is 3.76. The molecular weight excluding hydrogens is 236 g/mol. The Morgan fingerprint density at radius 1 is 1.37 bits per heavy atom. The zero-order chi connectivity index (χ0) is 13.2. The van der Waals surface area contributed by atoms with E-state index in [-0.39, 0.29) is 5.78 Å². The number of rotatable bonds is 3. The highest BCUT2D eigenvalue weighted by Gasteiger charge is 2.20. The number of carbonyl (C=O) groups excluding carboxylic acids is 1. The molecule has 3 rings (SSSR count). The van der Waals surface area contributed by atoms with Crippen LogP contribution < -0.4 is 0 Å². The van der Waals surface area contributed by atoms with E-state index in [1.165, 1.54) is 12.1 Å². The second kappa shape index (κ2) is 5.00. The number of aryl methyl sites for hydroxylation is 1. The summed E-state index contributed by atoms with van der Waals surface area (Å²) < 4.78 is 0. The predicted molar refractivity (Wildman–Crippen MR) is 74.3 cm³/mol. The average molecular weight is 254 g/mol. The first-order valence-corrected chi connectivity index (χ1v) is 6.87. The van der Waals surface area contributed by atoms with E-state index >= 15 is 0 Å². The standard InChI is InChI=1S/C16H18N2O/c1-11-7-8-13-14(9-11)18-16(17-13)10-15(19)12-5-3-2-4-6-12/h2-6,11H,7-10H2,1H3,(H,17,18). The van der Waals surface area contributed by atoms with Crippen molar-refractivity contribution in [3.05, 3.63) is 53.1 Å². The average Bonchev–Trinajstić information content (AvgIpc) is 2.81. The fraction of sp³-hybridized carbons (Fsp3) is 0.375. The van der Waals surface area contributed by atoms with Crippen molar-refractivity contribution in [2.45, 2.75) is 32.6 Å². The molecule has 1 aromatic carbocycles. The summed E-state index contributed by atoms with van der Waals surface area (Å²) in [7, 11) is 0. The Morgan fingerprint density at radius 3 is 2.95 bits per heavy atom. The molecular formula is C16H18N2O. The molecule has 1 aliphatic carbocycles. The molecule has 2 aromatic rings. The van der Waals surface area contributed by atoms with Gasteiger partial charge in [0.05, 0.1) is 12.1 Å². The van der Waals surface area contributed by atoms with Crippen molar-refractivity contribution >= 4 is 5.78 Å². The van der Waals surface area contributed by atoms with E-state index < -0.39 is 0 Å². The maximum absolute atomic E-state index is 12.1. The van der Waals surface area contributed by atoms with Gasteiger partial charge in [-0.1, -0.05) is 37.3 Å². The van der Waals surface area contributed by atoms with Crippen molar-refractivity contribution in [1.82, 2.24) is 9.97 Å². The van der Waals surface area contributed by atoms with E-state index in [1.54, 1.807) is 0 Å². The number of fused-ring (bicyclic) bond motifs is 1. The minimum absolute atomic E-state index is 0.125. The minimum atomic E-state index is 0.125.